The van der Waals surface area contributed by atoms with E-state index in [1.807, 2.05) is 13.8 Å². The Balaban J connectivity index is 1.71. The molecule has 1 fully saturated rings. The van der Waals surface area contributed by atoms with E-state index in [-0.39, 0.29) is 22.6 Å². The van der Waals surface area contributed by atoms with Crippen LogP contribution in [-0.2, 0) is 14.8 Å². The third-order valence-electron chi connectivity index (χ3n) is 5.07. The van der Waals surface area contributed by atoms with E-state index in [4.69, 9.17) is 11.6 Å². The molecular weight excluding hydrogens is 446 g/mol. The first-order chi connectivity index (χ1) is 14.3. The van der Waals surface area contributed by atoms with Gasteiger partial charge in [0.1, 0.15) is 10.3 Å². The molecule has 1 atom stereocenters. The van der Waals surface area contributed by atoms with Gasteiger partial charge in [-0.15, -0.1) is 11.3 Å². The maximum absolute atomic E-state index is 12.9. The number of sulfonamides is 1. The Kier molecular flexibility index (Phi) is 7.18. The second-order valence-corrected chi connectivity index (χ2v) is 10.7. The second-order valence-electron chi connectivity index (χ2n) is 6.88. The van der Waals surface area contributed by atoms with E-state index >= 15 is 0 Å². The molecule has 1 aliphatic rings. The van der Waals surface area contributed by atoms with Crippen LogP contribution in [-0.4, -0.2) is 55.1 Å². The molecule has 1 saturated heterocycles. The molecule has 30 heavy (non-hydrogen) atoms. The summed E-state index contributed by atoms with van der Waals surface area (Å²) in [5, 5.41) is 2.77. The number of halogens is 1. The summed E-state index contributed by atoms with van der Waals surface area (Å²) in [4.78, 5) is 26.9. The van der Waals surface area contributed by atoms with Crippen molar-refractivity contribution in [1.29, 1.82) is 0 Å². The molecular formula is C20H24ClN3O4S2. The summed E-state index contributed by atoms with van der Waals surface area (Å²) in [6, 6.07) is 8.84. The minimum absolute atomic E-state index is 0.0689. The standard InChI is InChI=1S/C20H24ClN3O4S2/c1-3-23(4-2)20(26)14-7-9-15(10-8-14)22-19(25)16-6-5-13-24(16)30(27,28)18-12-11-17(21)29-18/h7-12,16H,3-6,13H2,1-2H3,(H,22,25)/t16-/m0/s1. The fraction of sp³-hybridized carbons (Fsp3) is 0.400. The number of rotatable bonds is 7. The summed E-state index contributed by atoms with van der Waals surface area (Å²) >= 11 is 6.86. The Labute approximate surface area is 185 Å². The van der Waals surface area contributed by atoms with Crippen molar-refractivity contribution in [1.82, 2.24) is 9.21 Å². The molecule has 1 aliphatic heterocycles. The van der Waals surface area contributed by atoms with Crippen LogP contribution in [0.15, 0.2) is 40.6 Å². The third-order valence-corrected chi connectivity index (χ3v) is 8.67. The van der Waals surface area contributed by atoms with Crippen LogP contribution < -0.4 is 5.32 Å². The first-order valence-corrected chi connectivity index (χ1v) is 12.4. The highest BCUT2D eigenvalue weighted by molar-refractivity contribution is 7.91. The average Bonchev–Trinajstić information content (AvgIpc) is 3.39. The van der Waals surface area contributed by atoms with Gasteiger partial charge >= 0.3 is 0 Å². The second kappa shape index (κ2) is 9.47. The zero-order valence-corrected chi connectivity index (χ0v) is 19.2. The molecule has 162 valence electrons. The van der Waals surface area contributed by atoms with Crippen LogP contribution >= 0.6 is 22.9 Å². The summed E-state index contributed by atoms with van der Waals surface area (Å²) in [6.07, 6.45) is 1.05. The van der Waals surface area contributed by atoms with E-state index in [0.717, 1.165) is 11.3 Å². The van der Waals surface area contributed by atoms with Crippen molar-refractivity contribution in [2.75, 3.05) is 25.0 Å². The van der Waals surface area contributed by atoms with Crippen LogP contribution in [0.4, 0.5) is 5.69 Å². The van der Waals surface area contributed by atoms with Crippen molar-refractivity contribution in [3.8, 4) is 0 Å². The number of anilines is 1. The molecule has 2 aromatic rings. The van der Waals surface area contributed by atoms with Gasteiger partial charge in [-0.3, -0.25) is 9.59 Å². The number of carbonyl (C=O) groups excluding carboxylic acids is 2. The van der Waals surface area contributed by atoms with Crippen molar-refractivity contribution >= 4 is 50.5 Å². The van der Waals surface area contributed by atoms with Gasteiger partial charge in [0.25, 0.3) is 15.9 Å². The minimum Gasteiger partial charge on any atom is -0.339 e. The maximum atomic E-state index is 12.9. The summed E-state index contributed by atoms with van der Waals surface area (Å²) in [6.45, 7) is 5.36. The summed E-state index contributed by atoms with van der Waals surface area (Å²) in [7, 11) is -3.78. The quantitative estimate of drug-likeness (QED) is 0.670. The fourth-order valence-corrected chi connectivity index (χ4v) is 6.73. The van der Waals surface area contributed by atoms with Crippen molar-refractivity contribution in [3.63, 3.8) is 0 Å². The monoisotopic (exact) mass is 469 g/mol. The van der Waals surface area contributed by atoms with Crippen LogP contribution in [0.5, 0.6) is 0 Å². The normalized spacial score (nSPS) is 17.1. The van der Waals surface area contributed by atoms with Gasteiger partial charge in [-0.05, 0) is 63.1 Å². The SMILES string of the molecule is CCN(CC)C(=O)c1ccc(NC(=O)[C@@H]2CCCN2S(=O)(=O)c2ccc(Cl)s2)cc1. The summed E-state index contributed by atoms with van der Waals surface area (Å²) in [5.41, 5.74) is 1.05. The molecule has 3 rings (SSSR count). The molecule has 0 aliphatic carbocycles. The molecule has 1 aromatic carbocycles. The number of hydrogen-bond donors (Lipinski definition) is 1. The van der Waals surface area contributed by atoms with Gasteiger partial charge in [0, 0.05) is 30.9 Å². The molecule has 0 unspecified atom stereocenters. The molecule has 0 radical (unpaired) electrons. The molecule has 2 heterocycles. The molecule has 0 saturated carbocycles. The van der Waals surface area contributed by atoms with Crippen LogP contribution in [0, 0.1) is 0 Å². The van der Waals surface area contributed by atoms with Crippen molar-refractivity contribution in [2.24, 2.45) is 0 Å². The van der Waals surface area contributed by atoms with E-state index in [0.29, 0.717) is 41.5 Å². The predicted octanol–water partition coefficient (Wildman–Crippen LogP) is 3.68. The zero-order chi connectivity index (χ0) is 21.9. The lowest BCUT2D eigenvalue weighted by Gasteiger charge is -2.23. The number of carbonyl (C=O) groups is 2. The highest BCUT2D eigenvalue weighted by atomic mass is 35.5. The summed E-state index contributed by atoms with van der Waals surface area (Å²) in [5.74, 6) is -0.456. The smallest absolute Gasteiger partial charge is 0.253 e. The molecule has 10 heteroatoms. The minimum atomic E-state index is -3.78. The van der Waals surface area contributed by atoms with Gasteiger partial charge in [-0.25, -0.2) is 8.42 Å². The van der Waals surface area contributed by atoms with Gasteiger partial charge in [0.05, 0.1) is 4.34 Å². The lowest BCUT2D eigenvalue weighted by Crippen LogP contribution is -2.42. The number of hydrogen-bond acceptors (Lipinski definition) is 5. The zero-order valence-electron chi connectivity index (χ0n) is 16.8. The molecule has 2 amide bonds. The topological polar surface area (TPSA) is 86.8 Å². The largest absolute Gasteiger partial charge is 0.339 e. The number of nitrogens with zero attached hydrogens (tertiary/aromatic N) is 2. The molecule has 1 aromatic heterocycles. The Morgan fingerprint density at radius 1 is 1.17 bits per heavy atom. The van der Waals surface area contributed by atoms with Gasteiger partial charge in [0.2, 0.25) is 5.91 Å². The molecule has 7 nitrogen and oxygen atoms in total. The first-order valence-electron chi connectivity index (χ1n) is 9.75. The lowest BCUT2D eigenvalue weighted by molar-refractivity contribution is -0.119. The summed E-state index contributed by atoms with van der Waals surface area (Å²) < 4.78 is 27.6. The van der Waals surface area contributed by atoms with E-state index in [2.05, 4.69) is 5.32 Å². The van der Waals surface area contributed by atoms with Crippen LogP contribution in [0.25, 0.3) is 0 Å². The van der Waals surface area contributed by atoms with Gasteiger partial charge in [-0.2, -0.15) is 4.31 Å². The molecule has 0 bridgehead atoms. The molecule has 1 N–H and O–H groups in total. The van der Waals surface area contributed by atoms with Crippen molar-refractivity contribution in [3.05, 3.63) is 46.3 Å². The number of nitrogens with one attached hydrogen (secondary N) is 1. The van der Waals surface area contributed by atoms with E-state index < -0.39 is 16.1 Å². The van der Waals surface area contributed by atoms with Crippen molar-refractivity contribution < 1.29 is 18.0 Å². The number of benzene rings is 1. The Morgan fingerprint density at radius 2 is 1.83 bits per heavy atom. The predicted molar refractivity (Wildman–Crippen MR) is 119 cm³/mol. The van der Waals surface area contributed by atoms with Gasteiger partial charge in [-0.1, -0.05) is 11.6 Å². The Morgan fingerprint density at radius 3 is 2.40 bits per heavy atom. The highest BCUT2D eigenvalue weighted by Gasteiger charge is 2.40. The van der Waals surface area contributed by atoms with Gasteiger partial charge < -0.3 is 10.2 Å². The van der Waals surface area contributed by atoms with Crippen molar-refractivity contribution in [2.45, 2.75) is 36.9 Å². The fourth-order valence-electron chi connectivity index (χ4n) is 3.46. The average molecular weight is 470 g/mol. The lowest BCUT2D eigenvalue weighted by atomic mass is 10.1. The highest BCUT2D eigenvalue weighted by Crippen LogP contribution is 2.32. The van der Waals surface area contributed by atoms with Crippen LogP contribution in [0.3, 0.4) is 0 Å². The van der Waals surface area contributed by atoms with E-state index in [1.54, 1.807) is 29.2 Å². The Bertz CT molecular complexity index is 1020. The van der Waals surface area contributed by atoms with Crippen LogP contribution in [0.1, 0.15) is 37.0 Å². The molecule has 0 spiro atoms. The number of thiophene rings is 1. The van der Waals surface area contributed by atoms with E-state index in [1.165, 1.54) is 16.4 Å². The third kappa shape index (κ3) is 4.69. The van der Waals surface area contributed by atoms with Crippen LogP contribution in [0.2, 0.25) is 4.34 Å². The maximum Gasteiger partial charge on any atom is 0.253 e. The van der Waals surface area contributed by atoms with Gasteiger partial charge in [0.15, 0.2) is 0 Å². The van der Waals surface area contributed by atoms with E-state index in [9.17, 15) is 18.0 Å². The Hall–Kier alpha value is -1.94. The number of amides is 2. The first kappa shape index (κ1) is 22.7.